The molecule has 0 saturated carbocycles. The Hall–Kier alpha value is -3.20. The number of halogens is 1. The highest BCUT2D eigenvalue weighted by molar-refractivity contribution is 6.30. The van der Waals surface area contributed by atoms with Crippen LogP contribution in [-0.4, -0.2) is 30.4 Å². The Morgan fingerprint density at radius 1 is 1.12 bits per heavy atom. The molecule has 0 radical (unpaired) electrons. The van der Waals surface area contributed by atoms with Gasteiger partial charge in [0.15, 0.2) is 5.82 Å². The quantitative estimate of drug-likeness (QED) is 0.536. The standard InChI is InChI=1S/C15H13ClN6O3/c16-12-3-1-11(2-4-12)9-20-7-5-13(18-20)17-15(23)10-21-8-6-14(19-21)22(24)25/h1-8H,9-10H2,(H,17,18,23). The highest BCUT2D eigenvalue weighted by Gasteiger charge is 2.14. The molecule has 0 aliphatic heterocycles. The van der Waals surface area contributed by atoms with Crippen LogP contribution >= 0.6 is 11.6 Å². The van der Waals surface area contributed by atoms with Gasteiger partial charge < -0.3 is 15.4 Å². The maximum absolute atomic E-state index is 12.0. The van der Waals surface area contributed by atoms with E-state index in [-0.39, 0.29) is 18.3 Å². The third-order valence-electron chi connectivity index (χ3n) is 3.29. The van der Waals surface area contributed by atoms with E-state index < -0.39 is 4.92 Å². The SMILES string of the molecule is O=C(Cn1ccc([N+](=O)[O-])n1)Nc1ccn(Cc2ccc(Cl)cc2)n1. The summed E-state index contributed by atoms with van der Waals surface area (Å²) in [5.74, 6) is -0.296. The van der Waals surface area contributed by atoms with Crippen molar-refractivity contribution >= 4 is 29.1 Å². The molecule has 128 valence electrons. The summed E-state index contributed by atoms with van der Waals surface area (Å²) in [5.41, 5.74) is 1.02. The van der Waals surface area contributed by atoms with Gasteiger partial charge in [-0.25, -0.2) is 0 Å². The Morgan fingerprint density at radius 2 is 1.84 bits per heavy atom. The summed E-state index contributed by atoms with van der Waals surface area (Å²) in [6, 6.07) is 10.3. The molecule has 3 aromatic rings. The lowest BCUT2D eigenvalue weighted by atomic mass is 10.2. The smallest absolute Gasteiger partial charge is 0.358 e. The van der Waals surface area contributed by atoms with Gasteiger partial charge in [-0.3, -0.25) is 9.48 Å². The highest BCUT2D eigenvalue weighted by atomic mass is 35.5. The minimum absolute atomic E-state index is 0.141. The molecule has 2 aromatic heterocycles. The molecule has 0 fully saturated rings. The van der Waals surface area contributed by atoms with Gasteiger partial charge in [0, 0.05) is 17.3 Å². The third-order valence-corrected chi connectivity index (χ3v) is 3.54. The predicted octanol–water partition coefficient (Wildman–Crippen LogP) is 2.33. The van der Waals surface area contributed by atoms with Crippen molar-refractivity contribution < 1.29 is 9.72 Å². The molecule has 1 aromatic carbocycles. The molecule has 0 saturated heterocycles. The van der Waals surface area contributed by atoms with Crippen molar-refractivity contribution in [2.45, 2.75) is 13.1 Å². The Bertz CT molecular complexity index is 902. The Kier molecular flexibility index (Phi) is 4.75. The highest BCUT2D eigenvalue weighted by Crippen LogP contribution is 2.12. The summed E-state index contributed by atoms with van der Waals surface area (Å²) in [4.78, 5) is 21.9. The van der Waals surface area contributed by atoms with Crippen molar-refractivity contribution in [1.82, 2.24) is 19.6 Å². The summed E-state index contributed by atoms with van der Waals surface area (Å²) >= 11 is 5.85. The summed E-state index contributed by atoms with van der Waals surface area (Å²) in [6.45, 7) is 0.399. The van der Waals surface area contributed by atoms with E-state index in [9.17, 15) is 14.9 Å². The second-order valence-corrected chi connectivity index (χ2v) is 5.64. The van der Waals surface area contributed by atoms with E-state index in [1.54, 1.807) is 29.1 Å². The van der Waals surface area contributed by atoms with Crippen LogP contribution in [0.2, 0.25) is 5.02 Å². The van der Waals surface area contributed by atoms with Crippen LogP contribution in [0.15, 0.2) is 48.8 Å². The number of amides is 1. The molecule has 0 spiro atoms. The predicted molar refractivity (Wildman–Crippen MR) is 90.3 cm³/mol. The van der Waals surface area contributed by atoms with E-state index in [1.807, 2.05) is 12.1 Å². The lowest BCUT2D eigenvalue weighted by molar-refractivity contribution is -0.389. The summed E-state index contributed by atoms with van der Waals surface area (Å²) in [5, 5.41) is 21.8. The van der Waals surface area contributed by atoms with E-state index in [2.05, 4.69) is 15.5 Å². The summed E-state index contributed by atoms with van der Waals surface area (Å²) in [7, 11) is 0. The van der Waals surface area contributed by atoms with E-state index >= 15 is 0 Å². The second kappa shape index (κ2) is 7.14. The van der Waals surface area contributed by atoms with Gasteiger partial charge in [0.05, 0.1) is 23.9 Å². The number of hydrogen-bond donors (Lipinski definition) is 1. The molecule has 0 atom stereocenters. The number of carbonyl (C=O) groups excluding carboxylic acids is 1. The van der Waals surface area contributed by atoms with Crippen molar-refractivity contribution in [3.8, 4) is 0 Å². The van der Waals surface area contributed by atoms with Gasteiger partial charge in [0.1, 0.15) is 6.54 Å². The number of nitrogens with one attached hydrogen (secondary N) is 1. The Labute approximate surface area is 147 Å². The minimum atomic E-state index is -0.618. The average molecular weight is 361 g/mol. The zero-order chi connectivity index (χ0) is 17.8. The number of nitro groups is 1. The summed E-state index contributed by atoms with van der Waals surface area (Å²) in [6.07, 6.45) is 3.11. The zero-order valence-electron chi connectivity index (χ0n) is 12.9. The first kappa shape index (κ1) is 16.7. The van der Waals surface area contributed by atoms with Gasteiger partial charge >= 0.3 is 5.82 Å². The van der Waals surface area contributed by atoms with Crippen LogP contribution < -0.4 is 5.32 Å². The van der Waals surface area contributed by atoms with Crippen LogP contribution in [0.1, 0.15) is 5.56 Å². The lowest BCUT2D eigenvalue weighted by Gasteiger charge is -2.03. The van der Waals surface area contributed by atoms with Crippen LogP contribution in [0.4, 0.5) is 11.6 Å². The van der Waals surface area contributed by atoms with Crippen molar-refractivity contribution in [1.29, 1.82) is 0 Å². The maximum Gasteiger partial charge on any atom is 0.389 e. The molecule has 0 bridgehead atoms. The fraction of sp³-hybridized carbons (Fsp3) is 0.133. The van der Waals surface area contributed by atoms with Crippen molar-refractivity contribution in [3.05, 3.63) is 69.5 Å². The van der Waals surface area contributed by atoms with Crippen LogP contribution in [0.25, 0.3) is 0 Å². The Morgan fingerprint density at radius 3 is 2.52 bits per heavy atom. The summed E-state index contributed by atoms with van der Waals surface area (Å²) < 4.78 is 2.87. The van der Waals surface area contributed by atoms with Gasteiger partial charge in [-0.1, -0.05) is 23.7 Å². The molecule has 9 nitrogen and oxygen atoms in total. The molecule has 3 rings (SSSR count). The van der Waals surface area contributed by atoms with E-state index in [1.165, 1.54) is 16.9 Å². The zero-order valence-corrected chi connectivity index (χ0v) is 13.6. The first-order chi connectivity index (χ1) is 12.0. The van der Waals surface area contributed by atoms with Crippen LogP contribution in [0.5, 0.6) is 0 Å². The second-order valence-electron chi connectivity index (χ2n) is 5.20. The van der Waals surface area contributed by atoms with E-state index in [0.717, 1.165) is 5.56 Å². The maximum atomic E-state index is 12.0. The molecule has 1 amide bonds. The van der Waals surface area contributed by atoms with Crippen molar-refractivity contribution in [2.75, 3.05) is 5.32 Å². The van der Waals surface area contributed by atoms with Crippen LogP contribution in [-0.2, 0) is 17.9 Å². The van der Waals surface area contributed by atoms with Gasteiger partial charge in [-0.05, 0) is 22.6 Å². The van der Waals surface area contributed by atoms with Gasteiger partial charge in [0.2, 0.25) is 5.91 Å². The molecule has 2 heterocycles. The molecule has 0 unspecified atom stereocenters. The molecular formula is C15H13ClN6O3. The normalized spacial score (nSPS) is 10.6. The number of hydrogen-bond acceptors (Lipinski definition) is 5. The van der Waals surface area contributed by atoms with Crippen molar-refractivity contribution in [3.63, 3.8) is 0 Å². The fourth-order valence-corrected chi connectivity index (χ4v) is 2.29. The molecule has 0 aliphatic rings. The van der Waals surface area contributed by atoms with Crippen molar-refractivity contribution in [2.24, 2.45) is 0 Å². The van der Waals surface area contributed by atoms with Crippen LogP contribution in [0, 0.1) is 10.1 Å². The largest absolute Gasteiger partial charge is 0.389 e. The fourth-order valence-electron chi connectivity index (χ4n) is 2.16. The average Bonchev–Trinajstić information content (AvgIpc) is 3.19. The molecule has 25 heavy (non-hydrogen) atoms. The lowest BCUT2D eigenvalue weighted by Crippen LogP contribution is -2.19. The first-order valence-electron chi connectivity index (χ1n) is 7.25. The number of benzene rings is 1. The molecule has 10 heteroatoms. The number of rotatable bonds is 6. The van der Waals surface area contributed by atoms with Crippen LogP contribution in [0.3, 0.4) is 0 Å². The molecular weight excluding hydrogens is 348 g/mol. The monoisotopic (exact) mass is 360 g/mol. The topological polar surface area (TPSA) is 108 Å². The number of anilines is 1. The number of aromatic nitrogens is 4. The number of carbonyl (C=O) groups is 1. The molecule has 0 aliphatic carbocycles. The van der Waals surface area contributed by atoms with Gasteiger partial charge in [-0.15, -0.1) is 0 Å². The third kappa shape index (κ3) is 4.42. The number of nitrogens with zero attached hydrogens (tertiary/aromatic N) is 5. The van der Waals surface area contributed by atoms with Gasteiger partial charge in [-0.2, -0.15) is 9.78 Å². The van der Waals surface area contributed by atoms with E-state index in [4.69, 9.17) is 11.6 Å². The van der Waals surface area contributed by atoms with Gasteiger partial charge in [0.25, 0.3) is 0 Å². The Balaban J connectivity index is 1.57. The first-order valence-corrected chi connectivity index (χ1v) is 7.63. The minimum Gasteiger partial charge on any atom is -0.358 e. The van der Waals surface area contributed by atoms with E-state index in [0.29, 0.717) is 17.4 Å². The molecule has 1 N–H and O–H groups in total.